The Labute approximate surface area is 167 Å². The number of carbonyl (C=O) groups is 1. The summed E-state index contributed by atoms with van der Waals surface area (Å²) in [6.07, 6.45) is 2.46. The lowest BCUT2D eigenvalue weighted by Crippen LogP contribution is -2.49. The topological polar surface area (TPSA) is 75.4 Å². The smallest absolute Gasteiger partial charge is 0.253 e. The minimum atomic E-state index is 0.0310. The highest BCUT2D eigenvalue weighted by atomic mass is 35.5. The van der Waals surface area contributed by atoms with Gasteiger partial charge in [0.1, 0.15) is 5.82 Å². The van der Waals surface area contributed by atoms with Gasteiger partial charge in [-0.05, 0) is 36.4 Å². The summed E-state index contributed by atoms with van der Waals surface area (Å²) in [7, 11) is 0. The number of anilines is 1. The van der Waals surface area contributed by atoms with Gasteiger partial charge in [0.05, 0.1) is 0 Å². The summed E-state index contributed by atoms with van der Waals surface area (Å²) in [5, 5.41) is 4.60. The van der Waals surface area contributed by atoms with E-state index in [-0.39, 0.29) is 5.91 Å². The fourth-order valence-corrected chi connectivity index (χ4v) is 3.26. The van der Waals surface area contributed by atoms with Crippen molar-refractivity contribution in [3.05, 3.63) is 59.1 Å². The number of piperazine rings is 1. The number of hydrogen-bond acceptors (Lipinski definition) is 6. The molecule has 0 atom stereocenters. The van der Waals surface area contributed by atoms with E-state index in [1.54, 1.807) is 30.5 Å². The van der Waals surface area contributed by atoms with E-state index >= 15 is 0 Å². The van der Waals surface area contributed by atoms with Crippen LogP contribution in [0.4, 0.5) is 5.82 Å². The monoisotopic (exact) mass is 397 g/mol. The van der Waals surface area contributed by atoms with Crippen LogP contribution in [-0.2, 0) is 6.42 Å². The van der Waals surface area contributed by atoms with Crippen molar-refractivity contribution in [2.75, 3.05) is 31.1 Å². The van der Waals surface area contributed by atoms with Gasteiger partial charge in [0.2, 0.25) is 11.7 Å². The van der Waals surface area contributed by atoms with Gasteiger partial charge in [0.15, 0.2) is 0 Å². The second-order valence-corrected chi connectivity index (χ2v) is 6.99. The van der Waals surface area contributed by atoms with Crippen molar-refractivity contribution in [1.29, 1.82) is 0 Å². The van der Waals surface area contributed by atoms with Crippen LogP contribution >= 0.6 is 11.6 Å². The zero-order chi connectivity index (χ0) is 19.5. The first-order valence-electron chi connectivity index (χ1n) is 9.23. The van der Waals surface area contributed by atoms with Crippen LogP contribution in [0.3, 0.4) is 0 Å². The molecule has 4 rings (SSSR count). The molecule has 8 heteroatoms. The van der Waals surface area contributed by atoms with E-state index in [0.29, 0.717) is 41.8 Å². The Morgan fingerprint density at radius 1 is 1.11 bits per heavy atom. The van der Waals surface area contributed by atoms with Gasteiger partial charge in [0, 0.05) is 54.9 Å². The van der Waals surface area contributed by atoms with Crippen LogP contribution in [0.25, 0.3) is 11.4 Å². The number of nitrogens with zero attached hydrogens (tertiary/aromatic N) is 5. The predicted octanol–water partition coefficient (Wildman–Crippen LogP) is 3.31. The molecular weight excluding hydrogens is 378 g/mol. The maximum absolute atomic E-state index is 12.6. The van der Waals surface area contributed by atoms with Crippen molar-refractivity contribution >= 4 is 23.3 Å². The van der Waals surface area contributed by atoms with Crippen molar-refractivity contribution in [2.24, 2.45) is 0 Å². The number of aromatic nitrogens is 3. The lowest BCUT2D eigenvalue weighted by atomic mass is 10.2. The average molecular weight is 398 g/mol. The van der Waals surface area contributed by atoms with E-state index < -0.39 is 0 Å². The van der Waals surface area contributed by atoms with E-state index in [4.69, 9.17) is 16.1 Å². The molecule has 0 radical (unpaired) electrons. The normalized spacial score (nSPS) is 14.4. The fraction of sp³-hybridized carbons (Fsp3) is 0.300. The molecule has 1 aliphatic rings. The van der Waals surface area contributed by atoms with Crippen LogP contribution in [-0.4, -0.2) is 52.1 Å². The molecule has 1 saturated heterocycles. The molecule has 1 aromatic carbocycles. The van der Waals surface area contributed by atoms with Crippen LogP contribution < -0.4 is 4.90 Å². The molecule has 1 amide bonds. The van der Waals surface area contributed by atoms with E-state index in [1.807, 2.05) is 24.0 Å². The SMILES string of the molecule is CCc1nc(-c2ccc(N3CCN(C(=O)c4ccc(Cl)cc4)CC3)nc2)no1. The number of benzene rings is 1. The third kappa shape index (κ3) is 3.84. The maximum Gasteiger partial charge on any atom is 0.253 e. The zero-order valence-corrected chi connectivity index (χ0v) is 16.3. The van der Waals surface area contributed by atoms with E-state index in [2.05, 4.69) is 20.0 Å². The number of amides is 1. The Morgan fingerprint density at radius 3 is 2.46 bits per heavy atom. The molecule has 0 saturated carbocycles. The number of aryl methyl sites for hydroxylation is 1. The van der Waals surface area contributed by atoms with Crippen molar-refractivity contribution in [3.8, 4) is 11.4 Å². The summed E-state index contributed by atoms with van der Waals surface area (Å²) < 4.78 is 5.15. The predicted molar refractivity (Wildman–Crippen MR) is 106 cm³/mol. The molecule has 144 valence electrons. The largest absolute Gasteiger partial charge is 0.353 e. The summed E-state index contributed by atoms with van der Waals surface area (Å²) >= 11 is 5.90. The summed E-state index contributed by atoms with van der Waals surface area (Å²) in [4.78, 5) is 25.5. The molecule has 0 N–H and O–H groups in total. The molecule has 2 aromatic heterocycles. The Bertz CT molecular complexity index is 947. The van der Waals surface area contributed by atoms with Gasteiger partial charge in [-0.3, -0.25) is 4.79 Å². The molecule has 28 heavy (non-hydrogen) atoms. The molecule has 1 aliphatic heterocycles. The minimum absolute atomic E-state index is 0.0310. The number of rotatable bonds is 4. The van der Waals surface area contributed by atoms with Gasteiger partial charge in [-0.2, -0.15) is 4.98 Å². The average Bonchev–Trinajstić information content (AvgIpc) is 3.23. The first-order valence-corrected chi connectivity index (χ1v) is 9.60. The summed E-state index contributed by atoms with van der Waals surface area (Å²) in [6.45, 7) is 4.73. The fourth-order valence-electron chi connectivity index (χ4n) is 3.13. The molecular formula is C20H20ClN5O2. The standard InChI is InChI=1S/C20H20ClN5O2/c1-2-18-23-19(24-28-18)15-5-8-17(22-13-15)25-9-11-26(12-10-25)20(27)14-3-6-16(21)7-4-14/h3-8,13H,2,9-12H2,1H3. The second-order valence-electron chi connectivity index (χ2n) is 6.56. The van der Waals surface area contributed by atoms with E-state index in [0.717, 1.165) is 24.5 Å². The van der Waals surface area contributed by atoms with E-state index in [9.17, 15) is 4.79 Å². The van der Waals surface area contributed by atoms with Gasteiger partial charge < -0.3 is 14.3 Å². The Morgan fingerprint density at radius 2 is 1.86 bits per heavy atom. The minimum Gasteiger partial charge on any atom is -0.353 e. The van der Waals surface area contributed by atoms with Crippen molar-refractivity contribution in [2.45, 2.75) is 13.3 Å². The third-order valence-electron chi connectivity index (χ3n) is 4.76. The van der Waals surface area contributed by atoms with Crippen molar-refractivity contribution in [3.63, 3.8) is 0 Å². The highest BCUT2D eigenvalue weighted by Crippen LogP contribution is 2.20. The first-order chi connectivity index (χ1) is 13.6. The second kappa shape index (κ2) is 7.98. The van der Waals surface area contributed by atoms with Crippen LogP contribution in [0.5, 0.6) is 0 Å². The molecule has 0 spiro atoms. The lowest BCUT2D eigenvalue weighted by molar-refractivity contribution is 0.0746. The summed E-state index contributed by atoms with van der Waals surface area (Å²) in [5.74, 6) is 2.07. The van der Waals surface area contributed by atoms with Gasteiger partial charge in [-0.25, -0.2) is 4.98 Å². The van der Waals surface area contributed by atoms with Gasteiger partial charge in [0.25, 0.3) is 5.91 Å². The van der Waals surface area contributed by atoms with Gasteiger partial charge in [-0.15, -0.1) is 0 Å². The Balaban J connectivity index is 1.38. The Kier molecular flexibility index (Phi) is 5.25. The lowest BCUT2D eigenvalue weighted by Gasteiger charge is -2.35. The summed E-state index contributed by atoms with van der Waals surface area (Å²) in [6, 6.07) is 10.9. The molecule has 1 fully saturated rings. The van der Waals surface area contributed by atoms with Gasteiger partial charge >= 0.3 is 0 Å². The molecule has 0 aliphatic carbocycles. The van der Waals surface area contributed by atoms with E-state index in [1.165, 1.54) is 0 Å². The Hall–Kier alpha value is -2.93. The number of hydrogen-bond donors (Lipinski definition) is 0. The number of halogens is 1. The number of pyridine rings is 1. The van der Waals surface area contributed by atoms with Crippen LogP contribution in [0.2, 0.25) is 5.02 Å². The molecule has 3 heterocycles. The molecule has 7 nitrogen and oxygen atoms in total. The van der Waals surface area contributed by atoms with Crippen LogP contribution in [0.1, 0.15) is 23.2 Å². The van der Waals surface area contributed by atoms with Crippen molar-refractivity contribution in [1.82, 2.24) is 20.0 Å². The van der Waals surface area contributed by atoms with Gasteiger partial charge in [-0.1, -0.05) is 23.7 Å². The molecule has 0 bridgehead atoms. The highest BCUT2D eigenvalue weighted by Gasteiger charge is 2.23. The first kappa shape index (κ1) is 18.4. The highest BCUT2D eigenvalue weighted by molar-refractivity contribution is 6.30. The molecule has 0 unspecified atom stereocenters. The zero-order valence-electron chi connectivity index (χ0n) is 15.5. The van der Waals surface area contributed by atoms with Crippen LogP contribution in [0, 0.1) is 0 Å². The maximum atomic E-state index is 12.6. The van der Waals surface area contributed by atoms with Crippen LogP contribution in [0.15, 0.2) is 47.1 Å². The quantitative estimate of drug-likeness (QED) is 0.672. The molecule has 3 aromatic rings. The van der Waals surface area contributed by atoms with Crippen molar-refractivity contribution < 1.29 is 9.32 Å². The summed E-state index contributed by atoms with van der Waals surface area (Å²) in [5.41, 5.74) is 1.48. The number of carbonyl (C=O) groups excluding carboxylic acids is 1. The third-order valence-corrected chi connectivity index (χ3v) is 5.01.